The number of piperidine rings is 1. The predicted molar refractivity (Wildman–Crippen MR) is 134 cm³/mol. The number of carbonyl (C=O) groups is 2. The molecule has 0 spiro atoms. The van der Waals surface area contributed by atoms with E-state index in [1.165, 1.54) is 19.2 Å². The Morgan fingerprint density at radius 1 is 1.08 bits per heavy atom. The molecule has 10 heteroatoms. The number of hydrogen-bond acceptors (Lipinski definition) is 5. The molecule has 7 nitrogen and oxygen atoms in total. The summed E-state index contributed by atoms with van der Waals surface area (Å²) < 4.78 is 46.7. The number of nitrogens with one attached hydrogen (secondary N) is 1. The Hall–Kier alpha value is -3.27. The fraction of sp³-hybridized carbons (Fsp3) is 0.231. The number of nitrogens with zero attached hydrogens (tertiary/aromatic N) is 1. The van der Waals surface area contributed by atoms with Crippen molar-refractivity contribution in [2.45, 2.75) is 17.7 Å². The van der Waals surface area contributed by atoms with E-state index in [0.29, 0.717) is 23.4 Å². The van der Waals surface area contributed by atoms with E-state index in [1.54, 1.807) is 42.5 Å². The van der Waals surface area contributed by atoms with Gasteiger partial charge in [0.2, 0.25) is 15.9 Å². The van der Waals surface area contributed by atoms with Crippen LogP contribution < -0.4 is 10.1 Å². The average molecular weight is 531 g/mol. The van der Waals surface area contributed by atoms with Crippen LogP contribution in [0.25, 0.3) is 0 Å². The number of hydrogen-bond donors (Lipinski definition) is 1. The van der Waals surface area contributed by atoms with Crippen molar-refractivity contribution in [2.75, 3.05) is 25.5 Å². The topological polar surface area (TPSA) is 92.8 Å². The summed E-state index contributed by atoms with van der Waals surface area (Å²) in [7, 11) is -2.81. The molecule has 3 aromatic carbocycles. The fourth-order valence-electron chi connectivity index (χ4n) is 4.16. The summed E-state index contributed by atoms with van der Waals surface area (Å²) in [6.45, 7) is 0.0911. The molecule has 0 radical (unpaired) electrons. The predicted octanol–water partition coefficient (Wildman–Crippen LogP) is 4.76. The molecule has 0 bridgehead atoms. The van der Waals surface area contributed by atoms with Crippen molar-refractivity contribution in [2.24, 2.45) is 5.92 Å². The molecule has 188 valence electrons. The normalized spacial score (nSPS) is 16.4. The van der Waals surface area contributed by atoms with E-state index in [0.717, 1.165) is 16.4 Å². The lowest BCUT2D eigenvalue weighted by Gasteiger charge is -2.31. The Labute approximate surface area is 213 Å². The van der Waals surface area contributed by atoms with Crippen LogP contribution in [0.2, 0.25) is 5.02 Å². The van der Waals surface area contributed by atoms with Gasteiger partial charge in [-0.25, -0.2) is 12.8 Å². The van der Waals surface area contributed by atoms with Crippen molar-refractivity contribution in [3.8, 4) is 5.75 Å². The summed E-state index contributed by atoms with van der Waals surface area (Å²) in [6, 6.07) is 16.5. The number of carbonyl (C=O) groups excluding carboxylic acids is 2. The minimum Gasteiger partial charge on any atom is -0.495 e. The minimum absolute atomic E-state index is 0.0215. The Morgan fingerprint density at radius 3 is 2.56 bits per heavy atom. The third-order valence-corrected chi connectivity index (χ3v) is 8.14. The largest absolute Gasteiger partial charge is 0.495 e. The number of benzene rings is 3. The highest BCUT2D eigenvalue weighted by Crippen LogP contribution is 2.31. The molecule has 0 aliphatic carbocycles. The van der Waals surface area contributed by atoms with Gasteiger partial charge in [-0.1, -0.05) is 41.9 Å². The van der Waals surface area contributed by atoms with E-state index in [1.807, 2.05) is 0 Å². The van der Waals surface area contributed by atoms with Crippen molar-refractivity contribution in [1.29, 1.82) is 0 Å². The maximum Gasteiger partial charge on any atom is 0.246 e. The van der Waals surface area contributed by atoms with E-state index in [9.17, 15) is 22.4 Å². The van der Waals surface area contributed by atoms with Crippen molar-refractivity contribution in [1.82, 2.24) is 4.31 Å². The molecule has 1 unspecified atom stereocenters. The summed E-state index contributed by atoms with van der Waals surface area (Å²) in [5, 5.41) is 3.12. The third kappa shape index (κ3) is 5.43. The molecule has 0 aromatic heterocycles. The zero-order chi connectivity index (χ0) is 25.9. The molecule has 1 fully saturated rings. The molecule has 1 atom stereocenters. The van der Waals surface area contributed by atoms with Crippen LogP contribution >= 0.6 is 11.6 Å². The first-order valence-corrected chi connectivity index (χ1v) is 13.1. The highest BCUT2D eigenvalue weighted by Gasteiger charge is 2.35. The van der Waals surface area contributed by atoms with Crippen LogP contribution in [0.15, 0.2) is 71.6 Å². The lowest BCUT2D eigenvalue weighted by molar-refractivity contribution is -0.120. The molecular weight excluding hydrogens is 507 g/mol. The molecular formula is C26H24ClFN2O5S. The Balaban J connectivity index is 1.56. The maximum atomic E-state index is 13.8. The van der Waals surface area contributed by atoms with Crippen LogP contribution in [0.5, 0.6) is 5.75 Å². The zero-order valence-corrected chi connectivity index (χ0v) is 21.0. The van der Waals surface area contributed by atoms with Crippen molar-refractivity contribution in [3.05, 3.63) is 88.7 Å². The van der Waals surface area contributed by atoms with Crippen molar-refractivity contribution < 1.29 is 27.1 Å². The molecule has 1 saturated heterocycles. The summed E-state index contributed by atoms with van der Waals surface area (Å²) in [6.07, 6.45) is 0.888. The molecule has 0 saturated carbocycles. The second kappa shape index (κ2) is 10.8. The molecule has 3 aromatic rings. The number of anilines is 1. The number of ether oxygens (including phenoxy) is 1. The third-order valence-electron chi connectivity index (χ3n) is 6.02. The Bertz CT molecular complexity index is 1400. The molecule has 1 aliphatic heterocycles. The van der Waals surface area contributed by atoms with E-state index >= 15 is 0 Å². The van der Waals surface area contributed by atoms with Gasteiger partial charge in [0, 0.05) is 29.2 Å². The van der Waals surface area contributed by atoms with Crippen molar-refractivity contribution >= 4 is 39.0 Å². The summed E-state index contributed by atoms with van der Waals surface area (Å²) in [4.78, 5) is 26.0. The molecule has 1 aliphatic rings. The SMILES string of the molecule is COc1ccc(F)cc1S(=O)(=O)N1CCCC(C(=O)Nc2ccc(Cl)cc2C(=O)c2ccccc2)C1. The van der Waals surface area contributed by atoms with Crippen LogP contribution in [0.3, 0.4) is 0 Å². The Morgan fingerprint density at radius 2 is 1.83 bits per heavy atom. The standard InChI is InChI=1S/C26H24ClFN2O5S/c1-35-23-12-10-20(28)15-24(23)36(33,34)30-13-5-8-18(16-30)26(32)29-22-11-9-19(27)14-21(22)25(31)17-6-3-2-4-7-17/h2-4,6-7,9-12,14-15,18H,5,8,13,16H2,1H3,(H,29,32). The minimum atomic E-state index is -4.11. The first kappa shape index (κ1) is 25.8. The molecule has 1 heterocycles. The van der Waals surface area contributed by atoms with Crippen LogP contribution in [0.4, 0.5) is 10.1 Å². The van der Waals surface area contributed by atoms with Crippen LogP contribution in [-0.2, 0) is 14.8 Å². The summed E-state index contributed by atoms with van der Waals surface area (Å²) in [5.41, 5.74) is 0.950. The van der Waals surface area contributed by atoms with Gasteiger partial charge in [-0.05, 0) is 49.2 Å². The lowest BCUT2D eigenvalue weighted by Crippen LogP contribution is -2.43. The van der Waals surface area contributed by atoms with Crippen LogP contribution in [0.1, 0.15) is 28.8 Å². The van der Waals surface area contributed by atoms with Gasteiger partial charge in [0.05, 0.1) is 18.7 Å². The number of amides is 1. The van der Waals surface area contributed by atoms with Gasteiger partial charge in [-0.15, -0.1) is 0 Å². The average Bonchev–Trinajstić information content (AvgIpc) is 2.89. The highest BCUT2D eigenvalue weighted by atomic mass is 35.5. The Kier molecular flexibility index (Phi) is 7.73. The number of methoxy groups -OCH3 is 1. The van der Waals surface area contributed by atoms with Gasteiger partial charge in [0.25, 0.3) is 0 Å². The fourth-order valence-corrected chi connectivity index (χ4v) is 6.02. The van der Waals surface area contributed by atoms with Crippen molar-refractivity contribution in [3.63, 3.8) is 0 Å². The summed E-state index contributed by atoms with van der Waals surface area (Å²) >= 11 is 6.12. The first-order valence-electron chi connectivity index (χ1n) is 11.2. The monoisotopic (exact) mass is 530 g/mol. The number of ketones is 1. The lowest BCUT2D eigenvalue weighted by atomic mass is 9.97. The molecule has 1 N–H and O–H groups in total. The van der Waals surface area contributed by atoms with E-state index in [4.69, 9.17) is 16.3 Å². The summed E-state index contributed by atoms with van der Waals surface area (Å²) in [5.74, 6) is -2.10. The molecule has 36 heavy (non-hydrogen) atoms. The quantitative estimate of drug-likeness (QED) is 0.445. The van der Waals surface area contributed by atoms with Gasteiger partial charge >= 0.3 is 0 Å². The molecule has 4 rings (SSSR count). The van der Waals surface area contributed by atoms with Gasteiger partial charge in [0.15, 0.2) is 5.78 Å². The number of rotatable bonds is 7. The second-order valence-corrected chi connectivity index (χ2v) is 10.7. The number of sulfonamides is 1. The maximum absolute atomic E-state index is 13.8. The van der Waals surface area contributed by atoms with E-state index in [-0.39, 0.29) is 40.8 Å². The zero-order valence-electron chi connectivity index (χ0n) is 19.4. The second-order valence-electron chi connectivity index (χ2n) is 8.37. The van der Waals surface area contributed by atoms with E-state index in [2.05, 4.69) is 5.32 Å². The van der Waals surface area contributed by atoms with Crippen LogP contribution in [-0.4, -0.2) is 44.6 Å². The van der Waals surface area contributed by atoms with Gasteiger partial charge in [-0.2, -0.15) is 4.31 Å². The van der Waals surface area contributed by atoms with E-state index < -0.39 is 27.7 Å². The van der Waals surface area contributed by atoms with Gasteiger partial charge in [-0.3, -0.25) is 9.59 Å². The first-order chi connectivity index (χ1) is 17.2. The highest BCUT2D eigenvalue weighted by molar-refractivity contribution is 7.89. The smallest absolute Gasteiger partial charge is 0.246 e. The van der Waals surface area contributed by atoms with Gasteiger partial charge < -0.3 is 10.1 Å². The molecule has 1 amide bonds. The number of halogens is 2. The van der Waals surface area contributed by atoms with Crippen LogP contribution in [0, 0.1) is 11.7 Å². The van der Waals surface area contributed by atoms with Gasteiger partial charge in [0.1, 0.15) is 16.5 Å².